The number of aromatic nitrogens is 2. The number of hydrogen-bond donors (Lipinski definition) is 2. The first-order valence-electron chi connectivity index (χ1n) is 6.63. The van der Waals surface area contributed by atoms with Crippen molar-refractivity contribution in [2.24, 2.45) is 0 Å². The molecule has 106 valence electrons. The first-order valence-corrected chi connectivity index (χ1v) is 6.63. The van der Waals surface area contributed by atoms with E-state index in [2.05, 4.69) is 32.1 Å². The molecule has 1 aliphatic heterocycles. The van der Waals surface area contributed by atoms with Gasteiger partial charge in [0.15, 0.2) is 11.6 Å². The summed E-state index contributed by atoms with van der Waals surface area (Å²) in [6, 6.07) is 0. The number of likely N-dealkylation sites (N-methyl/N-ethyl adjacent to an activating group) is 1. The van der Waals surface area contributed by atoms with Gasteiger partial charge in [0.25, 0.3) is 0 Å². The highest BCUT2D eigenvalue weighted by molar-refractivity contribution is 5.74. The highest BCUT2D eigenvalue weighted by Crippen LogP contribution is 2.26. The Bertz CT molecular complexity index is 413. The fraction of sp³-hybridized carbons (Fsp3) is 0.667. The summed E-state index contributed by atoms with van der Waals surface area (Å²) in [5.74, 6) is 1.49. The second-order valence-corrected chi connectivity index (χ2v) is 4.89. The van der Waals surface area contributed by atoms with Crippen molar-refractivity contribution in [3.8, 4) is 0 Å². The van der Waals surface area contributed by atoms with Crippen molar-refractivity contribution < 1.29 is 0 Å². The van der Waals surface area contributed by atoms with Crippen molar-refractivity contribution in [3.05, 3.63) is 6.33 Å². The van der Waals surface area contributed by atoms with E-state index in [-0.39, 0.29) is 0 Å². The van der Waals surface area contributed by atoms with Gasteiger partial charge in [-0.3, -0.25) is 0 Å². The Morgan fingerprint density at radius 3 is 2.53 bits per heavy atom. The number of nitrogens with zero attached hydrogens (tertiary/aromatic N) is 5. The highest BCUT2D eigenvalue weighted by atomic mass is 15.5. The molecule has 0 radical (unpaired) electrons. The maximum atomic E-state index is 6.16. The van der Waals surface area contributed by atoms with Crippen molar-refractivity contribution in [1.82, 2.24) is 19.9 Å². The maximum absolute atomic E-state index is 6.16. The summed E-state index contributed by atoms with van der Waals surface area (Å²) >= 11 is 0. The van der Waals surface area contributed by atoms with E-state index in [1.54, 1.807) is 6.33 Å². The largest absolute Gasteiger partial charge is 0.393 e. The van der Waals surface area contributed by atoms with Crippen LogP contribution in [-0.2, 0) is 0 Å². The van der Waals surface area contributed by atoms with Gasteiger partial charge in [-0.1, -0.05) is 6.92 Å². The lowest BCUT2D eigenvalue weighted by Crippen LogP contribution is -2.46. The SMILES string of the molecule is CCN1CCN(c2ncnc(NN(C)C)c2N)CC1. The Labute approximate surface area is 114 Å². The van der Waals surface area contributed by atoms with Crippen LogP contribution in [0.15, 0.2) is 6.33 Å². The molecule has 1 fully saturated rings. The van der Waals surface area contributed by atoms with E-state index < -0.39 is 0 Å². The van der Waals surface area contributed by atoms with E-state index >= 15 is 0 Å². The maximum Gasteiger partial charge on any atom is 0.169 e. The van der Waals surface area contributed by atoms with Gasteiger partial charge in [-0.25, -0.2) is 15.0 Å². The van der Waals surface area contributed by atoms with Crippen molar-refractivity contribution in [1.29, 1.82) is 0 Å². The van der Waals surface area contributed by atoms with Gasteiger partial charge >= 0.3 is 0 Å². The zero-order valence-corrected chi connectivity index (χ0v) is 11.9. The second-order valence-electron chi connectivity index (χ2n) is 4.89. The fourth-order valence-corrected chi connectivity index (χ4v) is 2.22. The molecular formula is C12H23N7. The molecule has 2 heterocycles. The van der Waals surface area contributed by atoms with E-state index in [0.717, 1.165) is 38.5 Å². The molecule has 1 aromatic heterocycles. The Morgan fingerprint density at radius 1 is 1.26 bits per heavy atom. The van der Waals surface area contributed by atoms with Crippen LogP contribution >= 0.6 is 0 Å². The minimum Gasteiger partial charge on any atom is -0.393 e. The van der Waals surface area contributed by atoms with E-state index in [1.165, 1.54) is 0 Å². The lowest BCUT2D eigenvalue weighted by atomic mass is 10.3. The van der Waals surface area contributed by atoms with Crippen molar-refractivity contribution in [2.75, 3.05) is 62.9 Å². The summed E-state index contributed by atoms with van der Waals surface area (Å²) in [4.78, 5) is 13.2. The number of rotatable bonds is 4. The molecular weight excluding hydrogens is 242 g/mol. The van der Waals surface area contributed by atoms with E-state index in [0.29, 0.717) is 11.5 Å². The van der Waals surface area contributed by atoms with Crippen LogP contribution < -0.4 is 16.1 Å². The predicted molar refractivity (Wildman–Crippen MR) is 78.1 cm³/mol. The van der Waals surface area contributed by atoms with Crippen molar-refractivity contribution in [3.63, 3.8) is 0 Å². The first kappa shape index (κ1) is 13.8. The van der Waals surface area contributed by atoms with Gasteiger partial charge in [-0.05, 0) is 6.54 Å². The standard InChI is InChI=1S/C12H23N7/c1-4-18-5-7-19(8-6-18)12-10(13)11(14-9-15-12)16-17(2)3/h9H,4-8,13H2,1-3H3,(H,14,15,16). The zero-order valence-electron chi connectivity index (χ0n) is 11.9. The first-order chi connectivity index (χ1) is 9.11. The molecule has 0 unspecified atom stereocenters. The quantitative estimate of drug-likeness (QED) is 0.747. The van der Waals surface area contributed by atoms with E-state index in [1.807, 2.05) is 19.1 Å². The van der Waals surface area contributed by atoms with Crippen molar-refractivity contribution in [2.45, 2.75) is 6.92 Å². The molecule has 0 amide bonds. The number of anilines is 3. The third-order valence-corrected chi connectivity index (χ3v) is 3.31. The van der Waals surface area contributed by atoms with Crippen LogP contribution in [0.5, 0.6) is 0 Å². The molecule has 1 saturated heterocycles. The Morgan fingerprint density at radius 2 is 1.95 bits per heavy atom. The molecule has 0 bridgehead atoms. The van der Waals surface area contributed by atoms with Crippen LogP contribution in [0.25, 0.3) is 0 Å². The van der Waals surface area contributed by atoms with Crippen LogP contribution in [0.1, 0.15) is 6.92 Å². The lowest BCUT2D eigenvalue weighted by Gasteiger charge is -2.35. The van der Waals surface area contributed by atoms with Crippen LogP contribution in [0, 0.1) is 0 Å². The summed E-state index contributed by atoms with van der Waals surface area (Å²) in [6.45, 7) is 7.30. The van der Waals surface area contributed by atoms with E-state index in [4.69, 9.17) is 5.73 Å². The summed E-state index contributed by atoms with van der Waals surface area (Å²) in [7, 11) is 3.81. The van der Waals surface area contributed by atoms with Gasteiger partial charge in [0.05, 0.1) is 0 Å². The topological polar surface area (TPSA) is 73.6 Å². The third-order valence-electron chi connectivity index (χ3n) is 3.31. The van der Waals surface area contributed by atoms with Crippen LogP contribution in [-0.4, -0.2) is 66.7 Å². The molecule has 0 atom stereocenters. The van der Waals surface area contributed by atoms with Crippen LogP contribution in [0.3, 0.4) is 0 Å². The predicted octanol–water partition coefficient (Wildman–Crippen LogP) is 0.0892. The number of hydrazine groups is 1. The number of piperazine rings is 1. The Hall–Kier alpha value is -1.60. The van der Waals surface area contributed by atoms with Crippen molar-refractivity contribution >= 4 is 17.3 Å². The van der Waals surface area contributed by atoms with Crippen LogP contribution in [0.2, 0.25) is 0 Å². The van der Waals surface area contributed by atoms with Gasteiger partial charge in [0.2, 0.25) is 0 Å². The highest BCUT2D eigenvalue weighted by Gasteiger charge is 2.20. The molecule has 1 aromatic rings. The smallest absolute Gasteiger partial charge is 0.169 e. The normalized spacial score (nSPS) is 16.9. The molecule has 0 spiro atoms. The van der Waals surface area contributed by atoms with E-state index in [9.17, 15) is 0 Å². The third kappa shape index (κ3) is 3.24. The minimum atomic E-state index is 0.612. The molecule has 7 nitrogen and oxygen atoms in total. The van der Waals surface area contributed by atoms with Gasteiger partial charge in [-0.2, -0.15) is 0 Å². The minimum absolute atomic E-state index is 0.612. The Balaban J connectivity index is 2.12. The Kier molecular flexibility index (Phi) is 4.39. The molecule has 3 N–H and O–H groups in total. The molecule has 0 aliphatic carbocycles. The summed E-state index contributed by atoms with van der Waals surface area (Å²) in [6.07, 6.45) is 1.56. The van der Waals surface area contributed by atoms with Gasteiger partial charge in [0, 0.05) is 40.3 Å². The monoisotopic (exact) mass is 265 g/mol. The van der Waals surface area contributed by atoms with Crippen LogP contribution in [0.4, 0.5) is 17.3 Å². The zero-order chi connectivity index (χ0) is 13.8. The number of nitrogens with one attached hydrogen (secondary N) is 1. The van der Waals surface area contributed by atoms with Gasteiger partial charge in [0.1, 0.15) is 12.0 Å². The summed E-state index contributed by atoms with van der Waals surface area (Å²) in [5, 5.41) is 1.82. The second kappa shape index (κ2) is 6.03. The average Bonchev–Trinajstić information content (AvgIpc) is 2.41. The molecule has 0 aromatic carbocycles. The number of nitrogen functional groups attached to an aromatic ring is 1. The number of hydrogen-bond acceptors (Lipinski definition) is 7. The van der Waals surface area contributed by atoms with Gasteiger partial charge in [-0.15, -0.1) is 0 Å². The molecule has 7 heteroatoms. The molecule has 1 aliphatic rings. The fourth-order valence-electron chi connectivity index (χ4n) is 2.22. The molecule has 19 heavy (non-hydrogen) atoms. The number of nitrogens with two attached hydrogens (primary N) is 1. The summed E-state index contributed by atoms with van der Waals surface area (Å²) < 4.78 is 0. The van der Waals surface area contributed by atoms with Gasteiger partial charge < -0.3 is 21.0 Å². The summed E-state index contributed by atoms with van der Waals surface area (Å²) in [5.41, 5.74) is 9.86. The lowest BCUT2D eigenvalue weighted by molar-refractivity contribution is 0.270. The molecule has 0 saturated carbocycles. The average molecular weight is 265 g/mol. The molecule has 2 rings (SSSR count).